The van der Waals surface area contributed by atoms with E-state index >= 15 is 0 Å². The molecule has 2 aromatic heterocycles. The molecule has 0 aliphatic heterocycles. The third kappa shape index (κ3) is 2.42. The standard InChI is InChI=1S/C24H18FN2O/c1-15-8-9-17-18-10-11-19(25)22(16-6-4-3-5-7-16)24(18)28-23(17)21(15)20-14-26-12-13-27(20)2/h3-14H,1-2H3/q+1. The minimum absolute atomic E-state index is 0.289. The molecule has 3 aromatic carbocycles. The van der Waals surface area contributed by atoms with Crippen LogP contribution in [0.25, 0.3) is 44.3 Å². The van der Waals surface area contributed by atoms with Crippen LogP contribution in [0.3, 0.4) is 0 Å². The third-order valence-electron chi connectivity index (χ3n) is 5.24. The average Bonchev–Trinajstić information content (AvgIpc) is 3.07. The van der Waals surface area contributed by atoms with E-state index in [1.165, 1.54) is 6.07 Å². The molecule has 0 radical (unpaired) electrons. The summed E-state index contributed by atoms with van der Waals surface area (Å²) in [6, 6.07) is 17.0. The van der Waals surface area contributed by atoms with E-state index in [4.69, 9.17) is 4.42 Å². The Kier molecular flexibility index (Phi) is 3.72. The first-order chi connectivity index (χ1) is 13.6. The van der Waals surface area contributed by atoms with E-state index in [1.807, 2.05) is 67.3 Å². The fourth-order valence-electron chi connectivity index (χ4n) is 3.83. The van der Waals surface area contributed by atoms with Gasteiger partial charge in [0.15, 0.2) is 6.20 Å². The van der Waals surface area contributed by atoms with Crippen LogP contribution >= 0.6 is 0 Å². The highest BCUT2D eigenvalue weighted by atomic mass is 19.1. The van der Waals surface area contributed by atoms with Crippen molar-refractivity contribution in [2.75, 3.05) is 0 Å². The topological polar surface area (TPSA) is 29.9 Å². The molecule has 0 unspecified atom stereocenters. The highest BCUT2D eigenvalue weighted by Crippen LogP contribution is 2.41. The summed E-state index contributed by atoms with van der Waals surface area (Å²) in [6.07, 6.45) is 5.49. The highest BCUT2D eigenvalue weighted by molar-refractivity contribution is 6.13. The Hall–Kier alpha value is -3.53. The van der Waals surface area contributed by atoms with Gasteiger partial charge in [-0.15, -0.1) is 0 Å². The lowest BCUT2D eigenvalue weighted by atomic mass is 9.99. The number of rotatable bonds is 2. The smallest absolute Gasteiger partial charge is 0.234 e. The summed E-state index contributed by atoms with van der Waals surface area (Å²) in [6.45, 7) is 2.05. The molecule has 3 nitrogen and oxygen atoms in total. The second kappa shape index (κ2) is 6.27. The molecule has 136 valence electrons. The predicted octanol–water partition coefficient (Wildman–Crippen LogP) is 5.59. The number of halogens is 1. The second-order valence-electron chi connectivity index (χ2n) is 6.97. The van der Waals surface area contributed by atoms with Gasteiger partial charge in [-0.1, -0.05) is 42.5 Å². The zero-order valence-corrected chi connectivity index (χ0v) is 15.6. The van der Waals surface area contributed by atoms with Crippen LogP contribution in [0, 0.1) is 12.7 Å². The summed E-state index contributed by atoms with van der Waals surface area (Å²) >= 11 is 0. The van der Waals surface area contributed by atoms with E-state index < -0.39 is 0 Å². The molecule has 0 N–H and O–H groups in total. The molecular weight excluding hydrogens is 351 g/mol. The number of hydrogen-bond acceptors (Lipinski definition) is 2. The van der Waals surface area contributed by atoms with E-state index in [2.05, 4.69) is 11.1 Å². The van der Waals surface area contributed by atoms with E-state index in [0.29, 0.717) is 11.1 Å². The maximum absolute atomic E-state index is 14.8. The number of benzene rings is 3. The largest absolute Gasteiger partial charge is 0.454 e. The lowest BCUT2D eigenvalue weighted by Gasteiger charge is -2.04. The fourth-order valence-corrected chi connectivity index (χ4v) is 3.83. The maximum atomic E-state index is 14.8. The van der Waals surface area contributed by atoms with E-state index in [0.717, 1.165) is 38.7 Å². The monoisotopic (exact) mass is 369 g/mol. The van der Waals surface area contributed by atoms with Gasteiger partial charge >= 0.3 is 0 Å². The van der Waals surface area contributed by atoms with Gasteiger partial charge < -0.3 is 4.42 Å². The number of aromatic nitrogens is 2. The lowest BCUT2D eigenvalue weighted by molar-refractivity contribution is -0.660. The molecule has 5 rings (SSSR count). The zero-order valence-electron chi connectivity index (χ0n) is 15.6. The van der Waals surface area contributed by atoms with Gasteiger partial charge in [-0.3, -0.25) is 4.98 Å². The summed E-state index contributed by atoms with van der Waals surface area (Å²) < 4.78 is 23.2. The highest BCUT2D eigenvalue weighted by Gasteiger charge is 2.23. The van der Waals surface area contributed by atoms with Crippen LogP contribution in [-0.2, 0) is 7.05 Å². The van der Waals surface area contributed by atoms with E-state index in [9.17, 15) is 4.39 Å². The van der Waals surface area contributed by atoms with Crippen LogP contribution in [0.2, 0.25) is 0 Å². The summed E-state index contributed by atoms with van der Waals surface area (Å²) in [5.41, 5.74) is 5.62. The predicted molar refractivity (Wildman–Crippen MR) is 108 cm³/mol. The van der Waals surface area contributed by atoms with Gasteiger partial charge in [0.2, 0.25) is 5.69 Å². The van der Waals surface area contributed by atoms with Crippen LogP contribution in [0.4, 0.5) is 4.39 Å². The molecule has 0 aliphatic rings. The Morgan fingerprint density at radius 2 is 1.61 bits per heavy atom. The molecule has 4 heteroatoms. The van der Waals surface area contributed by atoms with Crippen LogP contribution in [0.5, 0.6) is 0 Å². The minimum Gasteiger partial charge on any atom is -0.454 e. The molecule has 2 heterocycles. The molecule has 0 aliphatic carbocycles. The van der Waals surface area contributed by atoms with Crippen molar-refractivity contribution in [1.82, 2.24) is 4.98 Å². The number of furan rings is 1. The second-order valence-corrected chi connectivity index (χ2v) is 6.97. The molecule has 0 amide bonds. The first kappa shape index (κ1) is 16.6. The van der Waals surface area contributed by atoms with Gasteiger partial charge in [0.1, 0.15) is 24.0 Å². The number of nitrogens with zero attached hydrogens (tertiary/aromatic N) is 2. The molecule has 5 aromatic rings. The van der Waals surface area contributed by atoms with Crippen LogP contribution in [-0.4, -0.2) is 4.98 Å². The molecule has 0 fully saturated rings. The Morgan fingerprint density at radius 3 is 2.36 bits per heavy atom. The molecule has 0 saturated carbocycles. The molecular formula is C24H18FN2O+. The van der Waals surface area contributed by atoms with Gasteiger partial charge in [0.05, 0.1) is 23.5 Å². The SMILES string of the molecule is Cc1ccc2c(oc3c(-c4ccccc4)c(F)ccc32)c1-c1cncc[n+]1C. The van der Waals surface area contributed by atoms with Crippen molar-refractivity contribution in [3.05, 3.63) is 84.6 Å². The quantitative estimate of drug-likeness (QED) is 0.380. The van der Waals surface area contributed by atoms with Crippen molar-refractivity contribution in [2.45, 2.75) is 6.92 Å². The Morgan fingerprint density at radius 1 is 0.893 bits per heavy atom. The van der Waals surface area contributed by atoms with E-state index in [-0.39, 0.29) is 5.82 Å². The van der Waals surface area contributed by atoms with Crippen molar-refractivity contribution >= 4 is 21.9 Å². The maximum Gasteiger partial charge on any atom is 0.234 e. The Bertz CT molecular complexity index is 1340. The average molecular weight is 369 g/mol. The number of aryl methyl sites for hydroxylation is 2. The van der Waals surface area contributed by atoms with Gasteiger partial charge in [-0.25, -0.2) is 4.39 Å². The van der Waals surface area contributed by atoms with Gasteiger partial charge in [-0.2, -0.15) is 4.57 Å². The molecule has 0 saturated heterocycles. The van der Waals surface area contributed by atoms with Gasteiger partial charge in [0.25, 0.3) is 0 Å². The molecule has 0 atom stereocenters. The summed E-state index contributed by atoms with van der Waals surface area (Å²) in [5.74, 6) is -0.289. The fraction of sp³-hybridized carbons (Fsp3) is 0.0833. The summed E-state index contributed by atoms with van der Waals surface area (Å²) in [5, 5.41) is 1.87. The number of hydrogen-bond donors (Lipinski definition) is 0. The molecule has 0 spiro atoms. The summed E-state index contributed by atoms with van der Waals surface area (Å²) in [4.78, 5) is 4.28. The van der Waals surface area contributed by atoms with Crippen molar-refractivity contribution in [1.29, 1.82) is 0 Å². The minimum atomic E-state index is -0.289. The van der Waals surface area contributed by atoms with Crippen molar-refractivity contribution in [2.24, 2.45) is 7.05 Å². The van der Waals surface area contributed by atoms with Crippen LogP contribution < -0.4 is 4.57 Å². The first-order valence-electron chi connectivity index (χ1n) is 9.15. The third-order valence-corrected chi connectivity index (χ3v) is 5.24. The number of fused-ring (bicyclic) bond motifs is 3. The lowest BCUT2D eigenvalue weighted by Crippen LogP contribution is -2.30. The van der Waals surface area contributed by atoms with Gasteiger partial charge in [-0.05, 0) is 30.2 Å². The van der Waals surface area contributed by atoms with Crippen molar-refractivity contribution in [3.63, 3.8) is 0 Å². The summed E-state index contributed by atoms with van der Waals surface area (Å²) in [7, 11) is 1.98. The van der Waals surface area contributed by atoms with Crippen LogP contribution in [0.15, 0.2) is 77.6 Å². The molecule has 28 heavy (non-hydrogen) atoms. The van der Waals surface area contributed by atoms with Crippen molar-refractivity contribution < 1.29 is 13.4 Å². The zero-order chi connectivity index (χ0) is 19.3. The Labute approximate surface area is 161 Å². The normalized spacial score (nSPS) is 11.4. The Balaban J connectivity index is 1.92. The van der Waals surface area contributed by atoms with Gasteiger partial charge in [0, 0.05) is 10.8 Å². The first-order valence-corrected chi connectivity index (χ1v) is 9.15. The van der Waals surface area contributed by atoms with E-state index in [1.54, 1.807) is 12.3 Å². The molecule has 0 bridgehead atoms. The van der Waals surface area contributed by atoms with Crippen molar-refractivity contribution in [3.8, 4) is 22.4 Å². The van der Waals surface area contributed by atoms with Crippen LogP contribution in [0.1, 0.15) is 5.56 Å².